The topological polar surface area (TPSA) is 105 Å². The van der Waals surface area contributed by atoms with E-state index in [2.05, 4.69) is 10.5 Å². The van der Waals surface area contributed by atoms with Crippen molar-refractivity contribution in [3.8, 4) is 0 Å². The van der Waals surface area contributed by atoms with E-state index in [-0.39, 0.29) is 30.9 Å². The molecule has 1 aliphatic heterocycles. The summed E-state index contributed by atoms with van der Waals surface area (Å²) in [4.78, 5) is 27.3. The molecular weight excluding hydrogens is 398 g/mol. The van der Waals surface area contributed by atoms with Gasteiger partial charge in [-0.1, -0.05) is 28.9 Å². The molecule has 0 radical (unpaired) electrons. The molecule has 1 fully saturated rings. The van der Waals surface area contributed by atoms with E-state index >= 15 is 0 Å². The Hall–Kier alpha value is -2.42. The van der Waals surface area contributed by atoms with Crippen molar-refractivity contribution in [2.75, 3.05) is 20.3 Å². The lowest BCUT2D eigenvalue weighted by Crippen LogP contribution is -2.47. The van der Waals surface area contributed by atoms with E-state index in [9.17, 15) is 14.7 Å². The van der Waals surface area contributed by atoms with Crippen LogP contribution >= 0.6 is 11.6 Å². The molecule has 3 atom stereocenters. The molecule has 8 nitrogen and oxygen atoms in total. The molecule has 0 saturated carbocycles. The van der Waals surface area contributed by atoms with Gasteiger partial charge in [-0.15, -0.1) is 0 Å². The summed E-state index contributed by atoms with van der Waals surface area (Å²) in [5, 5.41) is 16.9. The van der Waals surface area contributed by atoms with Crippen molar-refractivity contribution in [2.24, 2.45) is 0 Å². The lowest BCUT2D eigenvalue weighted by atomic mass is 10.1. The number of nitrogens with zero attached hydrogens (tertiary/aromatic N) is 2. The fraction of sp³-hybridized carbons (Fsp3) is 0.450. The zero-order chi connectivity index (χ0) is 21.0. The Labute approximate surface area is 173 Å². The van der Waals surface area contributed by atoms with Crippen LogP contribution in [0.5, 0.6) is 0 Å². The van der Waals surface area contributed by atoms with Gasteiger partial charge in [0.25, 0.3) is 0 Å². The average molecular weight is 422 g/mol. The molecule has 1 saturated heterocycles. The predicted molar refractivity (Wildman–Crippen MR) is 105 cm³/mol. The minimum atomic E-state index is -0.696. The quantitative estimate of drug-likeness (QED) is 0.704. The van der Waals surface area contributed by atoms with Crippen LogP contribution in [0.4, 0.5) is 0 Å². The molecule has 0 bridgehead atoms. The molecule has 0 spiro atoms. The maximum atomic E-state index is 13.0. The Morgan fingerprint density at radius 2 is 2.14 bits per heavy atom. The van der Waals surface area contributed by atoms with Crippen molar-refractivity contribution in [2.45, 2.75) is 38.0 Å². The van der Waals surface area contributed by atoms with Gasteiger partial charge in [-0.05, 0) is 24.6 Å². The number of ether oxygens (including phenoxy) is 1. The highest BCUT2D eigenvalue weighted by atomic mass is 35.5. The number of rotatable bonds is 7. The molecule has 2 heterocycles. The van der Waals surface area contributed by atoms with Crippen LogP contribution in [0.15, 0.2) is 34.9 Å². The number of aromatic nitrogens is 1. The highest BCUT2D eigenvalue weighted by molar-refractivity contribution is 6.30. The van der Waals surface area contributed by atoms with E-state index < -0.39 is 12.1 Å². The summed E-state index contributed by atoms with van der Waals surface area (Å²) in [5.41, 5.74) is 1.41. The molecule has 2 amide bonds. The number of aliphatic hydroxyl groups excluding tert-OH is 1. The Morgan fingerprint density at radius 1 is 1.41 bits per heavy atom. The summed E-state index contributed by atoms with van der Waals surface area (Å²) in [7, 11) is 1.55. The number of carbonyl (C=O) groups excluding carboxylic acids is 2. The van der Waals surface area contributed by atoms with Gasteiger partial charge in [-0.2, -0.15) is 0 Å². The number of aryl methyl sites for hydroxylation is 1. The van der Waals surface area contributed by atoms with Gasteiger partial charge >= 0.3 is 0 Å². The third-order valence-electron chi connectivity index (χ3n) is 4.99. The summed E-state index contributed by atoms with van der Waals surface area (Å²) in [5.74, 6) is -0.143. The molecule has 1 aromatic carbocycles. The lowest BCUT2D eigenvalue weighted by molar-refractivity contribution is -0.138. The number of carbonyl (C=O) groups is 2. The number of methoxy groups -OCH3 is 1. The van der Waals surface area contributed by atoms with Crippen LogP contribution in [0.25, 0.3) is 0 Å². The first-order valence-corrected chi connectivity index (χ1v) is 9.70. The first-order valence-electron chi connectivity index (χ1n) is 9.32. The lowest BCUT2D eigenvalue weighted by Gasteiger charge is -2.25. The van der Waals surface area contributed by atoms with Crippen molar-refractivity contribution in [1.29, 1.82) is 0 Å². The summed E-state index contributed by atoms with van der Waals surface area (Å²) >= 11 is 5.90. The average Bonchev–Trinajstić information content (AvgIpc) is 3.33. The van der Waals surface area contributed by atoms with Gasteiger partial charge in [0.05, 0.1) is 30.9 Å². The van der Waals surface area contributed by atoms with Crippen LogP contribution < -0.4 is 5.32 Å². The fourth-order valence-corrected chi connectivity index (χ4v) is 3.57. The Bertz CT molecular complexity index is 854. The number of halogens is 1. The normalized spacial score (nSPS) is 19.9. The largest absolute Gasteiger partial charge is 0.394 e. The number of hydrogen-bond acceptors (Lipinski definition) is 6. The monoisotopic (exact) mass is 421 g/mol. The SMILES string of the molecule is CO[C@@H]1C[C@@H](C(=O)N[C@@H](CO)c2ccc(Cl)cc2)N(C(=O)Cc2cc(C)no2)C1. The van der Waals surface area contributed by atoms with Crippen molar-refractivity contribution in [1.82, 2.24) is 15.4 Å². The highest BCUT2D eigenvalue weighted by Crippen LogP contribution is 2.23. The molecular formula is C20H24ClN3O5. The van der Waals surface area contributed by atoms with Crippen LogP contribution in [0.1, 0.15) is 29.5 Å². The van der Waals surface area contributed by atoms with Gasteiger partial charge in [0.1, 0.15) is 11.8 Å². The molecule has 1 aromatic heterocycles. The van der Waals surface area contributed by atoms with Crippen LogP contribution in [-0.2, 0) is 20.7 Å². The van der Waals surface area contributed by atoms with E-state index in [1.54, 1.807) is 44.4 Å². The number of benzene rings is 1. The van der Waals surface area contributed by atoms with Crippen LogP contribution in [-0.4, -0.2) is 59.4 Å². The first-order chi connectivity index (χ1) is 13.9. The Balaban J connectivity index is 1.71. The van der Waals surface area contributed by atoms with Gasteiger partial charge in [-0.25, -0.2) is 0 Å². The van der Waals surface area contributed by atoms with Gasteiger partial charge in [0, 0.05) is 31.2 Å². The summed E-state index contributed by atoms with van der Waals surface area (Å²) < 4.78 is 10.5. The summed E-state index contributed by atoms with van der Waals surface area (Å²) in [6, 6.07) is 7.26. The second kappa shape index (κ2) is 9.39. The van der Waals surface area contributed by atoms with Crippen molar-refractivity contribution >= 4 is 23.4 Å². The molecule has 2 N–H and O–H groups in total. The number of aliphatic hydroxyl groups is 1. The van der Waals surface area contributed by atoms with Gasteiger partial charge in [0.15, 0.2) is 0 Å². The molecule has 1 aliphatic rings. The molecule has 156 valence electrons. The number of amides is 2. The minimum Gasteiger partial charge on any atom is -0.394 e. The number of likely N-dealkylation sites (tertiary alicyclic amines) is 1. The molecule has 0 aliphatic carbocycles. The third-order valence-corrected chi connectivity index (χ3v) is 5.24. The Kier molecular flexibility index (Phi) is 6.89. The number of nitrogens with one attached hydrogen (secondary N) is 1. The molecule has 2 aromatic rings. The van der Waals surface area contributed by atoms with Crippen LogP contribution in [0.2, 0.25) is 5.02 Å². The molecule has 3 rings (SSSR count). The van der Waals surface area contributed by atoms with Crippen LogP contribution in [0.3, 0.4) is 0 Å². The first kappa shape index (κ1) is 21.3. The van der Waals surface area contributed by atoms with Crippen LogP contribution in [0, 0.1) is 6.92 Å². The van der Waals surface area contributed by atoms with E-state index in [1.807, 2.05) is 0 Å². The van der Waals surface area contributed by atoms with Crippen molar-refractivity contribution < 1.29 is 24.0 Å². The van der Waals surface area contributed by atoms with Gasteiger partial charge < -0.3 is 24.6 Å². The summed E-state index contributed by atoms with van der Waals surface area (Å²) in [6.07, 6.45) is 0.151. The highest BCUT2D eigenvalue weighted by Gasteiger charge is 2.40. The van der Waals surface area contributed by atoms with E-state index in [0.29, 0.717) is 29.4 Å². The van der Waals surface area contributed by atoms with Gasteiger partial charge in [-0.3, -0.25) is 9.59 Å². The third kappa shape index (κ3) is 5.14. The maximum absolute atomic E-state index is 13.0. The van der Waals surface area contributed by atoms with E-state index in [0.717, 1.165) is 5.56 Å². The second-order valence-corrected chi connectivity index (χ2v) is 7.50. The van der Waals surface area contributed by atoms with E-state index in [4.69, 9.17) is 20.9 Å². The summed E-state index contributed by atoms with van der Waals surface area (Å²) in [6.45, 7) is 1.81. The standard InChI is InChI=1S/C20H24ClN3O5/c1-12-7-15(29-23-12)9-19(26)24-10-16(28-2)8-18(24)20(27)22-17(11-25)13-3-5-14(21)6-4-13/h3-7,16-18,25H,8-11H2,1-2H3,(H,22,27)/t16-,17+,18+/m1/s1. The molecule has 29 heavy (non-hydrogen) atoms. The molecule has 9 heteroatoms. The number of hydrogen-bond donors (Lipinski definition) is 2. The smallest absolute Gasteiger partial charge is 0.243 e. The zero-order valence-corrected chi connectivity index (χ0v) is 17.1. The van der Waals surface area contributed by atoms with E-state index in [1.165, 1.54) is 4.90 Å². The van der Waals surface area contributed by atoms with Crippen molar-refractivity contribution in [3.05, 3.63) is 52.4 Å². The predicted octanol–water partition coefficient (Wildman–Crippen LogP) is 1.64. The molecule has 0 unspecified atom stereocenters. The Morgan fingerprint density at radius 3 is 2.72 bits per heavy atom. The fourth-order valence-electron chi connectivity index (χ4n) is 3.44. The maximum Gasteiger partial charge on any atom is 0.243 e. The van der Waals surface area contributed by atoms with Gasteiger partial charge in [0.2, 0.25) is 11.8 Å². The van der Waals surface area contributed by atoms with Crippen molar-refractivity contribution in [3.63, 3.8) is 0 Å². The minimum absolute atomic E-state index is 0.0155. The zero-order valence-electron chi connectivity index (χ0n) is 16.3. The second-order valence-electron chi connectivity index (χ2n) is 7.06.